The van der Waals surface area contributed by atoms with Crippen LogP contribution < -0.4 is 10.1 Å². The summed E-state index contributed by atoms with van der Waals surface area (Å²) in [6, 6.07) is 7.60. The van der Waals surface area contributed by atoms with E-state index in [2.05, 4.69) is 12.2 Å². The van der Waals surface area contributed by atoms with Crippen molar-refractivity contribution in [2.75, 3.05) is 7.11 Å². The third kappa shape index (κ3) is 2.99. The minimum atomic E-state index is 0.00278. The van der Waals surface area contributed by atoms with Crippen LogP contribution >= 0.6 is 0 Å². The number of rotatable bonds is 3. The van der Waals surface area contributed by atoms with Crippen LogP contribution in [0.25, 0.3) is 0 Å². The van der Waals surface area contributed by atoms with Crippen molar-refractivity contribution >= 4 is 5.91 Å². The molecule has 1 aromatic carbocycles. The van der Waals surface area contributed by atoms with E-state index < -0.39 is 0 Å². The van der Waals surface area contributed by atoms with Gasteiger partial charge in [-0.1, -0.05) is 13.0 Å². The number of carbonyl (C=O) groups is 1. The molecule has 1 N–H and O–H groups in total. The summed E-state index contributed by atoms with van der Waals surface area (Å²) in [7, 11) is 1.61. The van der Waals surface area contributed by atoms with Crippen LogP contribution in [-0.4, -0.2) is 19.1 Å². The first kappa shape index (κ1) is 12.0. The monoisotopic (exact) mass is 233 g/mol. The van der Waals surface area contributed by atoms with Gasteiger partial charge in [-0.2, -0.15) is 0 Å². The first-order chi connectivity index (χ1) is 8.19. The van der Waals surface area contributed by atoms with Crippen LogP contribution in [0.1, 0.15) is 36.5 Å². The first-order valence-electron chi connectivity index (χ1n) is 6.14. The standard InChI is InChI=1S/C14H19NO2/c1-10-6-7-12(8-10)15-14(16)11-4-3-5-13(9-11)17-2/h3-5,9-10,12H,6-8H2,1-2H3,(H,15,16). The smallest absolute Gasteiger partial charge is 0.251 e. The maximum Gasteiger partial charge on any atom is 0.251 e. The third-order valence-electron chi connectivity index (χ3n) is 3.36. The molecule has 1 aliphatic rings. The Kier molecular flexibility index (Phi) is 3.67. The molecule has 0 aromatic heterocycles. The zero-order chi connectivity index (χ0) is 12.3. The van der Waals surface area contributed by atoms with Gasteiger partial charge in [0.25, 0.3) is 5.91 Å². The van der Waals surface area contributed by atoms with E-state index in [0.717, 1.165) is 24.5 Å². The highest BCUT2D eigenvalue weighted by Gasteiger charge is 2.23. The molecule has 17 heavy (non-hydrogen) atoms. The van der Waals surface area contributed by atoms with Crippen LogP contribution in [-0.2, 0) is 0 Å². The summed E-state index contributed by atoms with van der Waals surface area (Å²) < 4.78 is 5.11. The van der Waals surface area contributed by atoms with Crippen LogP contribution in [0.4, 0.5) is 0 Å². The van der Waals surface area contributed by atoms with E-state index in [-0.39, 0.29) is 5.91 Å². The number of hydrogen-bond donors (Lipinski definition) is 1. The summed E-state index contributed by atoms with van der Waals surface area (Å²) >= 11 is 0. The summed E-state index contributed by atoms with van der Waals surface area (Å²) in [6.07, 6.45) is 3.40. The van der Waals surface area contributed by atoms with Crippen LogP contribution in [0.15, 0.2) is 24.3 Å². The van der Waals surface area contributed by atoms with Crippen LogP contribution in [0, 0.1) is 5.92 Å². The number of methoxy groups -OCH3 is 1. The molecule has 1 fully saturated rings. The van der Waals surface area contributed by atoms with Crippen LogP contribution in [0.3, 0.4) is 0 Å². The van der Waals surface area contributed by atoms with Gasteiger partial charge in [0.2, 0.25) is 0 Å². The second kappa shape index (κ2) is 5.21. The zero-order valence-corrected chi connectivity index (χ0v) is 10.4. The van der Waals surface area contributed by atoms with Gasteiger partial charge < -0.3 is 10.1 Å². The Balaban J connectivity index is 1.99. The van der Waals surface area contributed by atoms with E-state index in [1.807, 2.05) is 18.2 Å². The molecule has 1 amide bonds. The van der Waals surface area contributed by atoms with Gasteiger partial charge >= 0.3 is 0 Å². The van der Waals surface area contributed by atoms with Crippen molar-refractivity contribution in [2.24, 2.45) is 5.92 Å². The van der Waals surface area contributed by atoms with Gasteiger partial charge in [0.1, 0.15) is 5.75 Å². The average molecular weight is 233 g/mol. The van der Waals surface area contributed by atoms with E-state index in [1.165, 1.54) is 6.42 Å². The van der Waals surface area contributed by atoms with Crippen molar-refractivity contribution in [3.63, 3.8) is 0 Å². The molecule has 3 nitrogen and oxygen atoms in total. The lowest BCUT2D eigenvalue weighted by Crippen LogP contribution is -2.32. The van der Waals surface area contributed by atoms with Crippen molar-refractivity contribution in [2.45, 2.75) is 32.2 Å². The summed E-state index contributed by atoms with van der Waals surface area (Å²) in [5.74, 6) is 1.45. The predicted molar refractivity (Wildman–Crippen MR) is 67.3 cm³/mol. The minimum absolute atomic E-state index is 0.00278. The molecule has 2 atom stereocenters. The number of ether oxygens (including phenoxy) is 1. The molecule has 2 rings (SSSR count). The normalized spacial score (nSPS) is 23.4. The van der Waals surface area contributed by atoms with Gasteiger partial charge in [0.05, 0.1) is 7.11 Å². The lowest BCUT2D eigenvalue weighted by Gasteiger charge is -2.12. The molecule has 92 valence electrons. The largest absolute Gasteiger partial charge is 0.497 e. The summed E-state index contributed by atoms with van der Waals surface area (Å²) in [5, 5.41) is 3.08. The van der Waals surface area contributed by atoms with E-state index >= 15 is 0 Å². The topological polar surface area (TPSA) is 38.3 Å². The average Bonchev–Trinajstić information content (AvgIpc) is 2.75. The van der Waals surface area contributed by atoms with E-state index in [1.54, 1.807) is 13.2 Å². The lowest BCUT2D eigenvalue weighted by molar-refractivity contribution is 0.0937. The molecule has 0 spiro atoms. The minimum Gasteiger partial charge on any atom is -0.497 e. The Morgan fingerprint density at radius 1 is 1.41 bits per heavy atom. The molecule has 0 heterocycles. The number of hydrogen-bond acceptors (Lipinski definition) is 2. The summed E-state index contributed by atoms with van der Waals surface area (Å²) in [5.41, 5.74) is 0.670. The van der Waals surface area contributed by atoms with Crippen molar-refractivity contribution in [1.29, 1.82) is 0 Å². The Morgan fingerprint density at radius 3 is 2.88 bits per heavy atom. The van der Waals surface area contributed by atoms with Crippen molar-refractivity contribution in [3.8, 4) is 5.75 Å². The van der Waals surface area contributed by atoms with E-state index in [9.17, 15) is 4.79 Å². The molecule has 1 aliphatic carbocycles. The number of amides is 1. The lowest BCUT2D eigenvalue weighted by atomic mass is 10.1. The molecule has 0 radical (unpaired) electrons. The maximum absolute atomic E-state index is 12.0. The van der Waals surface area contributed by atoms with Gasteiger partial charge in [-0.15, -0.1) is 0 Å². The Hall–Kier alpha value is -1.51. The highest BCUT2D eigenvalue weighted by molar-refractivity contribution is 5.94. The number of nitrogens with one attached hydrogen (secondary N) is 1. The second-order valence-electron chi connectivity index (χ2n) is 4.82. The molecule has 1 saturated carbocycles. The fourth-order valence-corrected chi connectivity index (χ4v) is 2.37. The van der Waals surface area contributed by atoms with Crippen LogP contribution in [0.2, 0.25) is 0 Å². The summed E-state index contributed by atoms with van der Waals surface area (Å²) in [6.45, 7) is 2.23. The molecular weight excluding hydrogens is 214 g/mol. The number of carbonyl (C=O) groups excluding carboxylic acids is 1. The van der Waals surface area contributed by atoms with Gasteiger partial charge in [-0.3, -0.25) is 4.79 Å². The summed E-state index contributed by atoms with van der Waals surface area (Å²) in [4.78, 5) is 12.0. The highest BCUT2D eigenvalue weighted by atomic mass is 16.5. The Labute approximate surface area is 102 Å². The van der Waals surface area contributed by atoms with Gasteiger partial charge in [0.15, 0.2) is 0 Å². The quantitative estimate of drug-likeness (QED) is 0.871. The fraction of sp³-hybridized carbons (Fsp3) is 0.500. The van der Waals surface area contributed by atoms with E-state index in [4.69, 9.17) is 4.74 Å². The molecule has 1 aromatic rings. The first-order valence-corrected chi connectivity index (χ1v) is 6.14. The molecular formula is C14H19NO2. The van der Waals surface area contributed by atoms with Crippen molar-refractivity contribution < 1.29 is 9.53 Å². The van der Waals surface area contributed by atoms with Gasteiger partial charge in [-0.25, -0.2) is 0 Å². The molecule has 2 unspecified atom stereocenters. The van der Waals surface area contributed by atoms with Crippen molar-refractivity contribution in [3.05, 3.63) is 29.8 Å². The maximum atomic E-state index is 12.0. The zero-order valence-electron chi connectivity index (χ0n) is 10.4. The second-order valence-corrected chi connectivity index (χ2v) is 4.82. The van der Waals surface area contributed by atoms with Gasteiger partial charge in [-0.05, 0) is 43.4 Å². The molecule has 3 heteroatoms. The molecule has 0 bridgehead atoms. The highest BCUT2D eigenvalue weighted by Crippen LogP contribution is 2.25. The van der Waals surface area contributed by atoms with Crippen LogP contribution in [0.5, 0.6) is 5.75 Å². The Bertz CT molecular complexity index is 403. The van der Waals surface area contributed by atoms with Crippen molar-refractivity contribution in [1.82, 2.24) is 5.32 Å². The fourth-order valence-electron chi connectivity index (χ4n) is 2.37. The van der Waals surface area contributed by atoms with Gasteiger partial charge in [0, 0.05) is 11.6 Å². The Morgan fingerprint density at radius 2 is 2.24 bits per heavy atom. The SMILES string of the molecule is COc1cccc(C(=O)NC2CCC(C)C2)c1. The molecule has 0 aliphatic heterocycles. The number of benzene rings is 1. The predicted octanol–water partition coefficient (Wildman–Crippen LogP) is 2.61. The van der Waals surface area contributed by atoms with E-state index in [0.29, 0.717) is 11.6 Å². The molecule has 0 saturated heterocycles. The third-order valence-corrected chi connectivity index (χ3v) is 3.36.